The minimum Gasteiger partial charge on any atom is -0.497 e. The summed E-state index contributed by atoms with van der Waals surface area (Å²) in [5.74, 6) is 1.25. The van der Waals surface area contributed by atoms with Gasteiger partial charge < -0.3 is 24.7 Å². The molecule has 0 spiro atoms. The van der Waals surface area contributed by atoms with E-state index in [1.165, 1.54) is 0 Å². The second kappa shape index (κ2) is 8.78. The number of nitrogens with one attached hydrogen (secondary N) is 2. The van der Waals surface area contributed by atoms with Gasteiger partial charge in [-0.15, -0.1) is 0 Å². The zero-order valence-corrected chi connectivity index (χ0v) is 18.6. The van der Waals surface area contributed by atoms with E-state index in [0.717, 1.165) is 11.0 Å². The summed E-state index contributed by atoms with van der Waals surface area (Å²) in [4.78, 5) is 32.3. The SMILES string of the molecule is COc1cc(NC(=O)[C@@H](NC(=O)N2CCn3c2nc2ccccc23)C(C)C)cc(OC)c1. The van der Waals surface area contributed by atoms with Crippen LogP contribution < -0.4 is 25.0 Å². The van der Waals surface area contributed by atoms with Crippen LogP contribution in [-0.2, 0) is 11.3 Å². The Balaban J connectivity index is 1.51. The van der Waals surface area contributed by atoms with Crippen LogP contribution in [0, 0.1) is 5.92 Å². The zero-order valence-electron chi connectivity index (χ0n) is 18.6. The van der Waals surface area contributed by atoms with Crippen molar-refractivity contribution in [1.82, 2.24) is 14.9 Å². The molecule has 1 aliphatic heterocycles. The van der Waals surface area contributed by atoms with E-state index < -0.39 is 6.04 Å². The maximum Gasteiger partial charge on any atom is 0.324 e. The fourth-order valence-corrected chi connectivity index (χ4v) is 3.83. The molecule has 0 unspecified atom stereocenters. The molecule has 0 fully saturated rings. The van der Waals surface area contributed by atoms with Crippen molar-refractivity contribution >= 4 is 34.6 Å². The minimum atomic E-state index is -0.738. The quantitative estimate of drug-likeness (QED) is 0.617. The smallest absolute Gasteiger partial charge is 0.324 e. The lowest BCUT2D eigenvalue weighted by molar-refractivity contribution is -0.118. The predicted octanol–water partition coefficient (Wildman–Crippen LogP) is 3.25. The molecule has 0 aliphatic carbocycles. The third kappa shape index (κ3) is 4.05. The van der Waals surface area contributed by atoms with E-state index in [2.05, 4.69) is 15.6 Å². The highest BCUT2D eigenvalue weighted by Gasteiger charge is 2.32. The van der Waals surface area contributed by atoms with Crippen LogP contribution >= 0.6 is 0 Å². The van der Waals surface area contributed by atoms with Gasteiger partial charge in [0.2, 0.25) is 11.9 Å². The maximum atomic E-state index is 13.1. The lowest BCUT2D eigenvalue weighted by atomic mass is 10.0. The molecule has 0 saturated carbocycles. The summed E-state index contributed by atoms with van der Waals surface area (Å²) >= 11 is 0. The molecule has 9 nitrogen and oxygen atoms in total. The first kappa shape index (κ1) is 21.5. The van der Waals surface area contributed by atoms with Crippen LogP contribution in [0.15, 0.2) is 42.5 Å². The number of fused-ring (bicyclic) bond motifs is 3. The number of carbonyl (C=O) groups is 2. The van der Waals surface area contributed by atoms with Crippen molar-refractivity contribution < 1.29 is 19.1 Å². The molecule has 3 aromatic rings. The number of hydrogen-bond acceptors (Lipinski definition) is 5. The summed E-state index contributed by atoms with van der Waals surface area (Å²) in [6, 6.07) is 11.8. The van der Waals surface area contributed by atoms with Crippen LogP contribution in [0.5, 0.6) is 11.5 Å². The third-order valence-electron chi connectivity index (χ3n) is 5.52. The van der Waals surface area contributed by atoms with Gasteiger partial charge in [0.05, 0.1) is 25.3 Å². The molecule has 2 heterocycles. The van der Waals surface area contributed by atoms with Gasteiger partial charge in [0, 0.05) is 37.0 Å². The Bertz CT molecular complexity index is 1130. The van der Waals surface area contributed by atoms with Crippen molar-refractivity contribution in [3.63, 3.8) is 0 Å². The first-order valence-corrected chi connectivity index (χ1v) is 10.5. The molecule has 0 bridgehead atoms. The summed E-state index contributed by atoms with van der Waals surface area (Å²) in [6.45, 7) is 4.93. The number of amides is 3. The summed E-state index contributed by atoms with van der Waals surface area (Å²) in [5, 5.41) is 5.74. The molecule has 2 N–H and O–H groups in total. The Morgan fingerprint density at radius 1 is 1.03 bits per heavy atom. The van der Waals surface area contributed by atoms with Crippen LogP contribution in [0.2, 0.25) is 0 Å². The summed E-state index contributed by atoms with van der Waals surface area (Å²) in [5.41, 5.74) is 2.35. The Morgan fingerprint density at radius 3 is 2.38 bits per heavy atom. The highest BCUT2D eigenvalue weighted by molar-refractivity contribution is 6.00. The molecule has 9 heteroatoms. The van der Waals surface area contributed by atoms with E-state index in [0.29, 0.717) is 36.2 Å². The second-order valence-corrected chi connectivity index (χ2v) is 7.97. The highest BCUT2D eigenvalue weighted by Crippen LogP contribution is 2.28. The fourth-order valence-electron chi connectivity index (χ4n) is 3.83. The molecule has 0 saturated heterocycles. The number of benzene rings is 2. The average Bonchev–Trinajstić information content (AvgIpc) is 3.36. The van der Waals surface area contributed by atoms with Crippen LogP contribution in [0.3, 0.4) is 0 Å². The van der Waals surface area contributed by atoms with E-state index in [1.807, 2.05) is 42.7 Å². The number of hydrogen-bond donors (Lipinski definition) is 2. The van der Waals surface area contributed by atoms with E-state index in [4.69, 9.17) is 9.47 Å². The highest BCUT2D eigenvalue weighted by atomic mass is 16.5. The molecule has 2 aromatic carbocycles. The number of methoxy groups -OCH3 is 2. The molecule has 168 valence electrons. The Kier molecular flexibility index (Phi) is 5.89. The van der Waals surface area contributed by atoms with Gasteiger partial charge in [-0.25, -0.2) is 9.78 Å². The molecular formula is C23H27N5O4. The van der Waals surface area contributed by atoms with Crippen LogP contribution in [-0.4, -0.2) is 48.3 Å². The van der Waals surface area contributed by atoms with Crippen LogP contribution in [0.25, 0.3) is 11.0 Å². The number of ether oxygens (including phenoxy) is 2. The Morgan fingerprint density at radius 2 is 1.72 bits per heavy atom. The maximum absolute atomic E-state index is 13.1. The molecule has 0 radical (unpaired) electrons. The van der Waals surface area contributed by atoms with E-state index in [1.54, 1.807) is 37.3 Å². The lowest BCUT2D eigenvalue weighted by Crippen LogP contribution is -2.51. The molecular weight excluding hydrogens is 410 g/mol. The van der Waals surface area contributed by atoms with Crippen molar-refractivity contribution in [2.75, 3.05) is 31.0 Å². The van der Waals surface area contributed by atoms with E-state index >= 15 is 0 Å². The average molecular weight is 438 g/mol. The van der Waals surface area contributed by atoms with Gasteiger partial charge in [-0.1, -0.05) is 26.0 Å². The second-order valence-electron chi connectivity index (χ2n) is 7.97. The Hall–Kier alpha value is -3.75. The normalized spacial score (nSPS) is 13.7. The number of imidazole rings is 1. The summed E-state index contributed by atoms with van der Waals surface area (Å²) in [7, 11) is 3.09. The van der Waals surface area contributed by atoms with Crippen molar-refractivity contribution in [3.8, 4) is 11.5 Å². The van der Waals surface area contributed by atoms with Gasteiger partial charge in [-0.2, -0.15) is 0 Å². The summed E-state index contributed by atoms with van der Waals surface area (Å²) < 4.78 is 12.5. The number of anilines is 2. The Labute approximate surface area is 186 Å². The number of aromatic nitrogens is 2. The molecule has 1 aromatic heterocycles. The monoisotopic (exact) mass is 437 g/mol. The van der Waals surface area contributed by atoms with Crippen LogP contribution in [0.4, 0.5) is 16.4 Å². The van der Waals surface area contributed by atoms with Crippen molar-refractivity contribution in [2.24, 2.45) is 5.92 Å². The number of urea groups is 1. The zero-order chi connectivity index (χ0) is 22.8. The number of para-hydroxylation sites is 2. The standard InChI is InChI=1S/C23H27N5O4/c1-14(2)20(21(29)24-15-11-16(31-3)13-17(12-15)32-4)26-23(30)28-10-9-27-19-8-6-5-7-18(19)25-22(27)28/h5-8,11-14,20H,9-10H2,1-4H3,(H,24,29)(H,26,30)/t20-/m0/s1. The molecule has 3 amide bonds. The number of carbonyl (C=O) groups excluding carboxylic acids is 2. The molecule has 1 atom stereocenters. The van der Waals surface area contributed by atoms with Gasteiger partial charge in [-0.05, 0) is 18.1 Å². The largest absolute Gasteiger partial charge is 0.497 e. The first-order valence-electron chi connectivity index (χ1n) is 10.5. The van der Waals surface area contributed by atoms with Crippen molar-refractivity contribution in [1.29, 1.82) is 0 Å². The third-order valence-corrected chi connectivity index (χ3v) is 5.52. The molecule has 32 heavy (non-hydrogen) atoms. The topological polar surface area (TPSA) is 97.7 Å². The molecule has 1 aliphatic rings. The number of rotatable bonds is 6. The van der Waals surface area contributed by atoms with E-state index in [9.17, 15) is 9.59 Å². The van der Waals surface area contributed by atoms with E-state index in [-0.39, 0.29) is 17.9 Å². The fraction of sp³-hybridized carbons (Fsp3) is 0.348. The van der Waals surface area contributed by atoms with Gasteiger partial charge in [0.15, 0.2) is 0 Å². The minimum absolute atomic E-state index is 0.132. The summed E-state index contributed by atoms with van der Waals surface area (Å²) in [6.07, 6.45) is 0. The van der Waals surface area contributed by atoms with Gasteiger partial charge >= 0.3 is 6.03 Å². The number of nitrogens with zero attached hydrogens (tertiary/aromatic N) is 3. The predicted molar refractivity (Wildman–Crippen MR) is 122 cm³/mol. The first-order chi connectivity index (χ1) is 15.4. The van der Waals surface area contributed by atoms with Gasteiger partial charge in [-0.3, -0.25) is 9.69 Å². The van der Waals surface area contributed by atoms with Crippen molar-refractivity contribution in [2.45, 2.75) is 26.4 Å². The van der Waals surface area contributed by atoms with Gasteiger partial charge in [0.1, 0.15) is 17.5 Å². The van der Waals surface area contributed by atoms with Gasteiger partial charge in [0.25, 0.3) is 0 Å². The molecule has 4 rings (SSSR count). The lowest BCUT2D eigenvalue weighted by Gasteiger charge is -2.24. The van der Waals surface area contributed by atoms with Crippen LogP contribution in [0.1, 0.15) is 13.8 Å². The van der Waals surface area contributed by atoms with Crippen molar-refractivity contribution in [3.05, 3.63) is 42.5 Å².